The first-order chi connectivity index (χ1) is 12.0. The molecule has 0 bridgehead atoms. The maximum Gasteiger partial charge on any atom is 0.228 e. The zero-order chi connectivity index (χ0) is 18.0. The molecule has 2 fully saturated rings. The Hall–Kier alpha value is -2.08. The van der Waals surface area contributed by atoms with Crippen molar-refractivity contribution in [1.82, 2.24) is 15.1 Å². The van der Waals surface area contributed by atoms with Crippen molar-refractivity contribution < 1.29 is 14.3 Å². The van der Waals surface area contributed by atoms with Crippen LogP contribution < -0.4 is 10.1 Å². The Morgan fingerprint density at radius 2 is 2.04 bits per heavy atom. The van der Waals surface area contributed by atoms with Gasteiger partial charge in [0.2, 0.25) is 11.8 Å². The number of carbonyl (C=O) groups excluding carboxylic acids is 2. The summed E-state index contributed by atoms with van der Waals surface area (Å²) in [5.41, 5.74) is 0.985. The highest BCUT2D eigenvalue weighted by atomic mass is 16.5. The molecule has 0 aliphatic carbocycles. The van der Waals surface area contributed by atoms with Crippen molar-refractivity contribution in [3.8, 4) is 5.75 Å². The number of amides is 2. The monoisotopic (exact) mass is 345 g/mol. The minimum absolute atomic E-state index is 0.0325. The van der Waals surface area contributed by atoms with Crippen molar-refractivity contribution >= 4 is 11.8 Å². The molecular weight excluding hydrogens is 318 g/mol. The summed E-state index contributed by atoms with van der Waals surface area (Å²) < 4.78 is 5.21. The van der Waals surface area contributed by atoms with E-state index in [0.717, 1.165) is 37.4 Å². The van der Waals surface area contributed by atoms with Crippen LogP contribution in [0.3, 0.4) is 0 Å². The fourth-order valence-corrected chi connectivity index (χ4v) is 4.07. The zero-order valence-electron chi connectivity index (χ0n) is 15.2. The Labute approximate surface area is 149 Å². The van der Waals surface area contributed by atoms with Crippen LogP contribution in [0.5, 0.6) is 5.75 Å². The predicted octanol–water partition coefficient (Wildman–Crippen LogP) is 1.28. The van der Waals surface area contributed by atoms with E-state index in [9.17, 15) is 9.59 Å². The largest absolute Gasteiger partial charge is 0.497 e. The third-order valence-electron chi connectivity index (χ3n) is 5.45. The lowest BCUT2D eigenvalue weighted by Gasteiger charge is -2.28. The molecule has 1 aromatic carbocycles. The van der Waals surface area contributed by atoms with Crippen molar-refractivity contribution in [2.24, 2.45) is 11.8 Å². The van der Waals surface area contributed by atoms with Gasteiger partial charge in [-0.1, -0.05) is 12.1 Å². The van der Waals surface area contributed by atoms with E-state index in [1.165, 1.54) is 0 Å². The topological polar surface area (TPSA) is 61.9 Å². The van der Waals surface area contributed by atoms with Crippen LogP contribution in [-0.2, 0) is 9.59 Å². The first-order valence-electron chi connectivity index (χ1n) is 8.88. The summed E-state index contributed by atoms with van der Waals surface area (Å²) in [4.78, 5) is 29.0. The molecule has 2 aliphatic rings. The van der Waals surface area contributed by atoms with Gasteiger partial charge in [0, 0.05) is 26.6 Å². The number of benzene rings is 1. The molecule has 2 amide bonds. The zero-order valence-corrected chi connectivity index (χ0v) is 15.2. The molecule has 1 N–H and O–H groups in total. The molecule has 2 aliphatic heterocycles. The van der Waals surface area contributed by atoms with Crippen molar-refractivity contribution in [2.75, 3.05) is 40.8 Å². The number of rotatable bonds is 5. The van der Waals surface area contributed by atoms with Crippen molar-refractivity contribution in [3.63, 3.8) is 0 Å². The fourth-order valence-electron chi connectivity index (χ4n) is 4.07. The number of carbonyl (C=O) groups is 2. The Morgan fingerprint density at radius 3 is 2.68 bits per heavy atom. The highest BCUT2D eigenvalue weighted by Crippen LogP contribution is 2.39. The van der Waals surface area contributed by atoms with Gasteiger partial charge < -0.3 is 19.9 Å². The lowest BCUT2D eigenvalue weighted by atomic mass is 9.92. The second-order valence-electron chi connectivity index (χ2n) is 7.03. The minimum Gasteiger partial charge on any atom is -0.497 e. The molecule has 3 rings (SSSR count). The Morgan fingerprint density at radius 1 is 1.32 bits per heavy atom. The molecule has 6 nitrogen and oxygen atoms in total. The third-order valence-corrected chi connectivity index (χ3v) is 5.45. The quantitative estimate of drug-likeness (QED) is 0.873. The summed E-state index contributed by atoms with van der Waals surface area (Å²) in [6, 6.07) is 7.46. The van der Waals surface area contributed by atoms with Crippen molar-refractivity contribution in [3.05, 3.63) is 29.8 Å². The van der Waals surface area contributed by atoms with Crippen LogP contribution in [0.1, 0.15) is 24.4 Å². The number of hydrogen-bond acceptors (Lipinski definition) is 4. The second-order valence-corrected chi connectivity index (χ2v) is 7.03. The fraction of sp³-hybridized carbons (Fsp3) is 0.579. The Balaban J connectivity index is 1.78. The van der Waals surface area contributed by atoms with Gasteiger partial charge in [0.25, 0.3) is 0 Å². The average molecular weight is 345 g/mol. The van der Waals surface area contributed by atoms with Gasteiger partial charge in [-0.05, 0) is 43.6 Å². The summed E-state index contributed by atoms with van der Waals surface area (Å²) in [6.45, 7) is 2.49. The molecule has 0 saturated carbocycles. The maximum atomic E-state index is 13.1. The highest BCUT2D eigenvalue weighted by Gasteiger charge is 2.45. The van der Waals surface area contributed by atoms with Gasteiger partial charge in [-0.15, -0.1) is 0 Å². The Bertz CT molecular complexity index is 631. The van der Waals surface area contributed by atoms with E-state index in [1.807, 2.05) is 36.2 Å². The molecule has 2 heterocycles. The smallest absolute Gasteiger partial charge is 0.228 e. The summed E-state index contributed by atoms with van der Waals surface area (Å²) >= 11 is 0. The molecule has 136 valence electrons. The minimum atomic E-state index is -0.306. The molecule has 6 heteroatoms. The highest BCUT2D eigenvalue weighted by molar-refractivity contribution is 5.90. The van der Waals surface area contributed by atoms with Gasteiger partial charge in [0.05, 0.1) is 19.1 Å². The SMILES string of the molecule is CNC[C@@H]1CCN(C(=O)[C@H]2CC(=O)N(C)[C@H]2c2ccc(OC)cc2)C1. The second kappa shape index (κ2) is 7.44. The van der Waals surface area contributed by atoms with E-state index < -0.39 is 0 Å². The van der Waals surface area contributed by atoms with Crippen LogP contribution in [0.4, 0.5) is 0 Å². The van der Waals surface area contributed by atoms with Gasteiger partial charge in [0.1, 0.15) is 5.75 Å². The predicted molar refractivity (Wildman–Crippen MR) is 95.2 cm³/mol. The van der Waals surface area contributed by atoms with Gasteiger partial charge in [0.15, 0.2) is 0 Å². The molecule has 1 aromatic rings. The number of likely N-dealkylation sites (tertiary alicyclic amines) is 2. The molecule has 25 heavy (non-hydrogen) atoms. The first-order valence-corrected chi connectivity index (χ1v) is 8.88. The lowest BCUT2D eigenvalue weighted by molar-refractivity contribution is -0.135. The molecular formula is C19H27N3O3. The standard InChI is InChI=1S/C19H27N3O3/c1-20-11-13-8-9-22(12-13)19(24)16-10-17(23)21(2)18(16)14-4-6-15(25-3)7-5-14/h4-7,13,16,18,20H,8-12H2,1-3H3/t13-,16-,18-/m0/s1. The maximum absolute atomic E-state index is 13.1. The lowest BCUT2D eigenvalue weighted by Crippen LogP contribution is -2.37. The number of ether oxygens (including phenoxy) is 1. The molecule has 0 spiro atoms. The van der Waals surface area contributed by atoms with Crippen LogP contribution in [0.15, 0.2) is 24.3 Å². The summed E-state index contributed by atoms with van der Waals surface area (Å²) in [7, 11) is 5.36. The van der Waals surface area contributed by atoms with Gasteiger partial charge in [-0.25, -0.2) is 0 Å². The van der Waals surface area contributed by atoms with Crippen molar-refractivity contribution in [2.45, 2.75) is 18.9 Å². The third kappa shape index (κ3) is 3.49. The van der Waals surface area contributed by atoms with Gasteiger partial charge >= 0.3 is 0 Å². The summed E-state index contributed by atoms with van der Waals surface area (Å²) in [5.74, 6) is 1.11. The molecule has 0 radical (unpaired) electrons. The van der Waals surface area contributed by atoms with E-state index in [1.54, 1.807) is 19.1 Å². The van der Waals surface area contributed by atoms with Crippen LogP contribution in [0.25, 0.3) is 0 Å². The summed E-state index contributed by atoms with van der Waals surface area (Å²) in [6.07, 6.45) is 1.31. The van der Waals surface area contributed by atoms with E-state index in [4.69, 9.17) is 4.74 Å². The van der Waals surface area contributed by atoms with E-state index in [2.05, 4.69) is 5.32 Å². The summed E-state index contributed by atoms with van der Waals surface area (Å²) in [5, 5.41) is 3.19. The number of nitrogens with zero attached hydrogens (tertiary/aromatic N) is 2. The number of hydrogen-bond donors (Lipinski definition) is 1. The normalized spacial score (nSPS) is 26.4. The van der Waals surface area contributed by atoms with E-state index in [0.29, 0.717) is 12.3 Å². The van der Waals surface area contributed by atoms with Gasteiger partial charge in [-0.3, -0.25) is 9.59 Å². The Kier molecular flexibility index (Phi) is 5.27. The number of nitrogens with one attached hydrogen (secondary N) is 1. The van der Waals surface area contributed by atoms with Crippen LogP contribution in [-0.4, -0.2) is 62.5 Å². The van der Waals surface area contributed by atoms with Crippen LogP contribution >= 0.6 is 0 Å². The van der Waals surface area contributed by atoms with Crippen molar-refractivity contribution in [1.29, 1.82) is 0 Å². The molecule has 0 aromatic heterocycles. The van der Waals surface area contributed by atoms with Crippen LogP contribution in [0, 0.1) is 11.8 Å². The van der Waals surface area contributed by atoms with Crippen LogP contribution in [0.2, 0.25) is 0 Å². The molecule has 2 saturated heterocycles. The number of methoxy groups -OCH3 is 1. The first kappa shape index (κ1) is 17.7. The molecule has 0 unspecified atom stereocenters. The van der Waals surface area contributed by atoms with E-state index >= 15 is 0 Å². The molecule has 3 atom stereocenters. The van der Waals surface area contributed by atoms with Gasteiger partial charge in [-0.2, -0.15) is 0 Å². The average Bonchev–Trinajstić information content (AvgIpc) is 3.20. The van der Waals surface area contributed by atoms with E-state index in [-0.39, 0.29) is 23.8 Å².